The quantitative estimate of drug-likeness (QED) is 0.794. The van der Waals surface area contributed by atoms with Crippen LogP contribution in [0.3, 0.4) is 0 Å². The summed E-state index contributed by atoms with van der Waals surface area (Å²) >= 11 is 19.6. The van der Waals surface area contributed by atoms with Crippen molar-refractivity contribution in [3.63, 3.8) is 0 Å². The summed E-state index contributed by atoms with van der Waals surface area (Å²) in [6.45, 7) is 0. The van der Waals surface area contributed by atoms with Gasteiger partial charge < -0.3 is 5.73 Å². The first-order valence-corrected chi connectivity index (χ1v) is 6.59. The molecule has 5 heteroatoms. The highest BCUT2D eigenvalue weighted by Crippen LogP contribution is 2.35. The van der Waals surface area contributed by atoms with Gasteiger partial charge in [-0.1, -0.05) is 34.8 Å². The molecule has 1 heterocycles. The lowest BCUT2D eigenvalue weighted by molar-refractivity contribution is 0.877. The number of hydrogen-bond donors (Lipinski definition) is 1. The van der Waals surface area contributed by atoms with Crippen LogP contribution in [0.5, 0.6) is 0 Å². The average Bonchev–Trinajstić information content (AvgIpc) is 2.75. The molecule has 0 fully saturated rings. The van der Waals surface area contributed by atoms with Crippen molar-refractivity contribution in [3.8, 4) is 0 Å². The van der Waals surface area contributed by atoms with Gasteiger partial charge >= 0.3 is 0 Å². The van der Waals surface area contributed by atoms with Gasteiger partial charge in [-0.15, -0.1) is 0 Å². The first-order chi connectivity index (χ1) is 7.59. The smallest absolute Gasteiger partial charge is 0.0644 e. The molecular weight excluding hydrogens is 285 g/mol. The van der Waals surface area contributed by atoms with Crippen LogP contribution in [0.2, 0.25) is 15.1 Å². The van der Waals surface area contributed by atoms with E-state index in [9.17, 15) is 0 Å². The number of hydrogen-bond acceptors (Lipinski definition) is 2. The fraction of sp³-hybridized carbons (Fsp3) is 0.0909. The summed E-state index contributed by atoms with van der Waals surface area (Å²) in [4.78, 5) is 0. The van der Waals surface area contributed by atoms with E-state index in [2.05, 4.69) is 0 Å². The Morgan fingerprint density at radius 2 is 1.94 bits per heavy atom. The van der Waals surface area contributed by atoms with Gasteiger partial charge in [0.1, 0.15) is 0 Å². The second-order valence-electron chi connectivity index (χ2n) is 3.33. The van der Waals surface area contributed by atoms with Crippen molar-refractivity contribution in [1.82, 2.24) is 0 Å². The third-order valence-corrected chi connectivity index (χ3v) is 3.99. The number of halogens is 3. The van der Waals surface area contributed by atoms with Crippen LogP contribution in [0.15, 0.2) is 29.0 Å². The lowest BCUT2D eigenvalue weighted by Gasteiger charge is -2.13. The Morgan fingerprint density at radius 1 is 1.19 bits per heavy atom. The van der Waals surface area contributed by atoms with Crippen LogP contribution >= 0.6 is 46.1 Å². The van der Waals surface area contributed by atoms with Crippen molar-refractivity contribution in [1.29, 1.82) is 0 Å². The Bertz CT molecular complexity index is 496. The van der Waals surface area contributed by atoms with E-state index >= 15 is 0 Å². The maximum Gasteiger partial charge on any atom is 0.0644 e. The van der Waals surface area contributed by atoms with E-state index in [1.165, 1.54) is 0 Å². The molecule has 0 spiro atoms. The third-order valence-electron chi connectivity index (χ3n) is 2.26. The van der Waals surface area contributed by atoms with Gasteiger partial charge in [0.05, 0.1) is 16.1 Å². The third kappa shape index (κ3) is 2.36. The summed E-state index contributed by atoms with van der Waals surface area (Å²) < 4.78 is 0. The second-order valence-corrected chi connectivity index (χ2v) is 5.33. The minimum absolute atomic E-state index is 0.296. The van der Waals surface area contributed by atoms with E-state index in [0.717, 1.165) is 11.1 Å². The molecule has 1 atom stereocenters. The molecule has 0 aliphatic heterocycles. The van der Waals surface area contributed by atoms with Crippen molar-refractivity contribution >= 4 is 46.1 Å². The molecule has 0 bridgehead atoms. The summed E-state index contributed by atoms with van der Waals surface area (Å²) in [7, 11) is 0. The molecule has 2 N–H and O–H groups in total. The molecule has 0 radical (unpaired) electrons. The van der Waals surface area contributed by atoms with Crippen molar-refractivity contribution in [3.05, 3.63) is 55.2 Å². The molecule has 84 valence electrons. The highest BCUT2D eigenvalue weighted by Gasteiger charge is 2.15. The fourth-order valence-electron chi connectivity index (χ4n) is 1.43. The lowest BCUT2D eigenvalue weighted by atomic mass is 10.0. The zero-order valence-corrected chi connectivity index (χ0v) is 11.2. The highest BCUT2D eigenvalue weighted by atomic mass is 35.5. The van der Waals surface area contributed by atoms with E-state index in [1.54, 1.807) is 23.5 Å². The Balaban J connectivity index is 2.48. The van der Waals surface area contributed by atoms with E-state index < -0.39 is 0 Å². The van der Waals surface area contributed by atoms with Crippen molar-refractivity contribution in [2.24, 2.45) is 5.73 Å². The monoisotopic (exact) mass is 291 g/mol. The predicted molar refractivity (Wildman–Crippen MR) is 71.8 cm³/mol. The molecule has 0 aliphatic rings. The number of nitrogens with two attached hydrogens (primary N) is 1. The van der Waals surface area contributed by atoms with Crippen molar-refractivity contribution in [2.45, 2.75) is 6.04 Å². The SMILES string of the molecule is N[C@H](c1ccsc1)c1cc(Cl)cc(Cl)c1Cl. The van der Waals surface area contributed by atoms with Gasteiger partial charge in [-0.3, -0.25) is 0 Å². The van der Waals surface area contributed by atoms with Gasteiger partial charge in [0, 0.05) is 5.02 Å². The lowest BCUT2D eigenvalue weighted by Crippen LogP contribution is -2.11. The summed E-state index contributed by atoms with van der Waals surface area (Å²) in [5.41, 5.74) is 7.86. The zero-order valence-electron chi connectivity index (χ0n) is 8.08. The van der Waals surface area contributed by atoms with Gasteiger partial charge in [-0.05, 0) is 40.1 Å². The van der Waals surface area contributed by atoms with E-state index in [1.807, 2.05) is 16.8 Å². The Labute approximate surface area is 113 Å². The van der Waals surface area contributed by atoms with E-state index in [-0.39, 0.29) is 6.04 Å². The molecule has 2 rings (SSSR count). The number of thiophene rings is 1. The van der Waals surface area contributed by atoms with Gasteiger partial charge in [-0.2, -0.15) is 11.3 Å². The molecule has 0 saturated carbocycles. The van der Waals surface area contributed by atoms with Crippen LogP contribution in [0.1, 0.15) is 17.2 Å². The average molecular weight is 293 g/mol. The molecule has 0 amide bonds. The summed E-state index contributed by atoms with van der Waals surface area (Å²) in [5.74, 6) is 0. The molecule has 1 nitrogen and oxygen atoms in total. The van der Waals surface area contributed by atoms with E-state index in [4.69, 9.17) is 40.5 Å². The summed E-state index contributed by atoms with van der Waals surface area (Å²) in [5, 5.41) is 5.38. The molecule has 1 aromatic carbocycles. The molecule has 0 unspecified atom stereocenters. The van der Waals surface area contributed by atoms with Crippen molar-refractivity contribution < 1.29 is 0 Å². The first-order valence-electron chi connectivity index (χ1n) is 4.51. The zero-order chi connectivity index (χ0) is 11.7. The van der Waals surface area contributed by atoms with Gasteiger partial charge in [0.2, 0.25) is 0 Å². The topological polar surface area (TPSA) is 26.0 Å². The van der Waals surface area contributed by atoms with Crippen LogP contribution in [0, 0.1) is 0 Å². The van der Waals surface area contributed by atoms with E-state index in [0.29, 0.717) is 15.1 Å². The number of benzene rings is 1. The van der Waals surface area contributed by atoms with Crippen LogP contribution < -0.4 is 5.73 Å². The normalized spacial score (nSPS) is 12.8. The molecule has 0 aliphatic carbocycles. The Kier molecular flexibility index (Phi) is 3.77. The van der Waals surface area contributed by atoms with Crippen molar-refractivity contribution in [2.75, 3.05) is 0 Å². The Hall–Kier alpha value is -0.250. The number of rotatable bonds is 2. The standard InChI is InChI=1S/C11H8Cl3NS/c12-7-3-8(10(14)9(13)4-7)11(15)6-1-2-16-5-6/h1-5,11H,15H2/t11-/m1/s1. The summed E-state index contributed by atoms with van der Waals surface area (Å²) in [6, 6.07) is 5.02. The molecule has 0 saturated heterocycles. The van der Waals surface area contributed by atoms with Crippen LogP contribution in [0.4, 0.5) is 0 Å². The molecule has 2 aromatic rings. The first kappa shape index (κ1) is 12.2. The fourth-order valence-corrected chi connectivity index (χ4v) is 2.87. The molecule has 16 heavy (non-hydrogen) atoms. The van der Waals surface area contributed by atoms with Gasteiger partial charge in [0.25, 0.3) is 0 Å². The Morgan fingerprint density at radius 3 is 2.56 bits per heavy atom. The highest BCUT2D eigenvalue weighted by molar-refractivity contribution is 7.08. The summed E-state index contributed by atoms with van der Waals surface area (Å²) in [6.07, 6.45) is 0. The largest absolute Gasteiger partial charge is 0.320 e. The molecule has 1 aromatic heterocycles. The van der Waals surface area contributed by atoms with Crippen LogP contribution in [-0.2, 0) is 0 Å². The van der Waals surface area contributed by atoms with Crippen LogP contribution in [-0.4, -0.2) is 0 Å². The minimum atomic E-state index is -0.296. The molecular formula is C11H8Cl3NS. The van der Waals surface area contributed by atoms with Gasteiger partial charge in [0.15, 0.2) is 0 Å². The maximum atomic E-state index is 6.11. The predicted octanol–water partition coefficient (Wildman–Crippen LogP) is 4.76. The van der Waals surface area contributed by atoms with Gasteiger partial charge in [-0.25, -0.2) is 0 Å². The second kappa shape index (κ2) is 4.94. The van der Waals surface area contributed by atoms with Crippen LogP contribution in [0.25, 0.3) is 0 Å². The maximum absolute atomic E-state index is 6.11. The minimum Gasteiger partial charge on any atom is -0.320 e.